The lowest BCUT2D eigenvalue weighted by Crippen LogP contribution is -2.56. The van der Waals surface area contributed by atoms with Crippen LogP contribution >= 0.6 is 7.92 Å². The fourth-order valence-corrected chi connectivity index (χ4v) is 5.84. The minimum atomic E-state index is -1.11. The van der Waals surface area contributed by atoms with Gasteiger partial charge in [-0.15, -0.1) is 0 Å². The summed E-state index contributed by atoms with van der Waals surface area (Å²) in [4.78, 5) is 34.9. The number of ether oxygens (including phenoxy) is 4. The van der Waals surface area contributed by atoms with Crippen LogP contribution in [0.15, 0.2) is 30.3 Å². The topological polar surface area (TPSA) is 88.1 Å². The van der Waals surface area contributed by atoms with Crippen LogP contribution in [0.4, 0.5) is 0 Å². The highest BCUT2D eigenvalue weighted by Crippen LogP contribution is 2.50. The molecule has 26 heavy (non-hydrogen) atoms. The minimum absolute atomic E-state index is 0.438. The van der Waals surface area contributed by atoms with Gasteiger partial charge >= 0.3 is 17.9 Å². The summed E-state index contributed by atoms with van der Waals surface area (Å²) < 4.78 is 21.9. The molecule has 1 aliphatic rings. The number of esters is 3. The number of carbonyl (C=O) groups excluding carboxylic acids is 3. The molecule has 1 heterocycles. The van der Waals surface area contributed by atoms with E-state index in [1.165, 1.54) is 27.9 Å². The largest absolute Gasteiger partial charge is 0.459 e. The van der Waals surface area contributed by atoms with Gasteiger partial charge in [0.05, 0.1) is 0 Å². The Morgan fingerprint density at radius 2 is 1.46 bits per heavy atom. The quantitative estimate of drug-likeness (QED) is 0.434. The Morgan fingerprint density at radius 3 is 1.96 bits per heavy atom. The van der Waals surface area contributed by atoms with Gasteiger partial charge in [-0.25, -0.2) is 0 Å². The molecule has 1 fully saturated rings. The summed E-state index contributed by atoms with van der Waals surface area (Å²) in [6.07, 6.45) is -1.77. The van der Waals surface area contributed by atoms with Crippen molar-refractivity contribution in [1.29, 1.82) is 0 Å². The van der Waals surface area contributed by atoms with Gasteiger partial charge in [0.15, 0.2) is 11.9 Å². The summed E-state index contributed by atoms with van der Waals surface area (Å²) in [7, 11) is 0.331. The van der Waals surface area contributed by atoms with Crippen molar-refractivity contribution in [2.45, 2.75) is 44.9 Å². The fraction of sp³-hybridized carbons (Fsp3) is 0.500. The van der Waals surface area contributed by atoms with Crippen LogP contribution in [-0.4, -0.2) is 55.3 Å². The second kappa shape index (κ2) is 9.10. The van der Waals surface area contributed by atoms with Gasteiger partial charge < -0.3 is 18.9 Å². The lowest BCUT2D eigenvalue weighted by molar-refractivity contribution is -0.184. The third-order valence-corrected chi connectivity index (χ3v) is 6.65. The molecule has 1 aromatic carbocycles. The Labute approximate surface area is 153 Å². The van der Waals surface area contributed by atoms with Crippen LogP contribution in [0.2, 0.25) is 0 Å². The Balaban J connectivity index is 2.46. The molecule has 5 atom stereocenters. The second-order valence-electron chi connectivity index (χ2n) is 5.91. The number of hydrogen-bond donors (Lipinski definition) is 0. The van der Waals surface area contributed by atoms with E-state index in [4.69, 9.17) is 18.9 Å². The molecule has 0 bridgehead atoms. The Hall–Kier alpha value is -1.98. The molecular weight excluding hydrogens is 359 g/mol. The van der Waals surface area contributed by atoms with Gasteiger partial charge in [-0.1, -0.05) is 30.3 Å². The number of carbonyl (C=O) groups is 3. The van der Waals surface area contributed by atoms with E-state index in [-0.39, 0.29) is 0 Å². The maximum Gasteiger partial charge on any atom is 0.303 e. The molecule has 1 saturated heterocycles. The number of hydrogen-bond acceptors (Lipinski definition) is 7. The fourth-order valence-electron chi connectivity index (χ4n) is 3.05. The van der Waals surface area contributed by atoms with Crippen molar-refractivity contribution in [3.05, 3.63) is 30.3 Å². The molecule has 0 aromatic heterocycles. The highest BCUT2D eigenvalue weighted by Gasteiger charge is 2.50. The average molecular weight is 382 g/mol. The molecule has 0 N–H and O–H groups in total. The van der Waals surface area contributed by atoms with Gasteiger partial charge in [0, 0.05) is 34.0 Å². The molecular formula is C18H23O7P. The van der Waals surface area contributed by atoms with Crippen LogP contribution in [-0.2, 0) is 33.3 Å². The molecule has 2 rings (SSSR count). The summed E-state index contributed by atoms with van der Waals surface area (Å²) in [6, 6.07) is 9.49. The zero-order valence-corrected chi connectivity index (χ0v) is 16.1. The van der Waals surface area contributed by atoms with E-state index in [0.29, 0.717) is 6.16 Å². The van der Waals surface area contributed by atoms with Crippen molar-refractivity contribution in [1.82, 2.24) is 0 Å². The molecule has 0 amide bonds. The van der Waals surface area contributed by atoms with E-state index in [9.17, 15) is 14.4 Å². The lowest BCUT2D eigenvalue weighted by atomic mass is 10.1. The molecule has 1 aromatic rings. The zero-order chi connectivity index (χ0) is 19.3. The van der Waals surface area contributed by atoms with Gasteiger partial charge in [0.1, 0.15) is 12.2 Å². The van der Waals surface area contributed by atoms with Crippen molar-refractivity contribution >= 4 is 31.1 Å². The number of benzene rings is 1. The Bertz CT molecular complexity index is 648. The molecule has 0 radical (unpaired) electrons. The van der Waals surface area contributed by atoms with Gasteiger partial charge in [0.25, 0.3) is 0 Å². The summed E-state index contributed by atoms with van der Waals surface area (Å²) in [6.45, 7) is 3.90. The maximum atomic E-state index is 11.7. The van der Waals surface area contributed by atoms with Gasteiger partial charge in [-0.05, 0) is 13.2 Å². The van der Waals surface area contributed by atoms with Crippen LogP contribution < -0.4 is 5.30 Å². The molecule has 1 unspecified atom stereocenters. The normalized spacial score (nSPS) is 28.1. The Morgan fingerprint density at radius 1 is 0.885 bits per heavy atom. The van der Waals surface area contributed by atoms with E-state index in [1.54, 1.807) is 0 Å². The molecule has 142 valence electrons. The van der Waals surface area contributed by atoms with Gasteiger partial charge in [0.2, 0.25) is 0 Å². The van der Waals surface area contributed by atoms with Crippen LogP contribution in [0.1, 0.15) is 20.8 Å². The van der Waals surface area contributed by atoms with Crippen molar-refractivity contribution in [2.24, 2.45) is 0 Å². The predicted octanol–water partition coefficient (Wildman–Crippen LogP) is 1.57. The zero-order valence-electron chi connectivity index (χ0n) is 15.2. The van der Waals surface area contributed by atoms with E-state index in [0.717, 1.165) is 5.30 Å². The van der Waals surface area contributed by atoms with Gasteiger partial charge in [-0.3, -0.25) is 14.4 Å². The van der Waals surface area contributed by atoms with E-state index in [2.05, 4.69) is 0 Å². The molecule has 8 heteroatoms. The number of methoxy groups -OCH3 is 1. The predicted molar refractivity (Wildman–Crippen MR) is 95.3 cm³/mol. The molecule has 0 aliphatic carbocycles. The monoisotopic (exact) mass is 382 g/mol. The first-order valence-electron chi connectivity index (χ1n) is 8.19. The highest BCUT2D eigenvalue weighted by molar-refractivity contribution is 7.66. The maximum absolute atomic E-state index is 11.7. The van der Waals surface area contributed by atoms with Crippen molar-refractivity contribution in [3.63, 3.8) is 0 Å². The summed E-state index contributed by atoms with van der Waals surface area (Å²) in [5.41, 5.74) is 0. The number of rotatable bonds is 5. The van der Waals surface area contributed by atoms with E-state index < -0.39 is 50.0 Å². The van der Waals surface area contributed by atoms with Crippen LogP contribution in [0.5, 0.6) is 0 Å². The van der Waals surface area contributed by atoms with Gasteiger partial charge in [-0.2, -0.15) is 0 Å². The average Bonchev–Trinajstić information content (AvgIpc) is 2.56. The molecule has 7 nitrogen and oxygen atoms in total. The molecule has 0 saturated carbocycles. The molecule has 0 spiro atoms. The first-order valence-corrected chi connectivity index (χ1v) is 9.79. The van der Waals surface area contributed by atoms with E-state index in [1.807, 2.05) is 30.3 Å². The van der Waals surface area contributed by atoms with Crippen LogP contribution in [0.25, 0.3) is 0 Å². The van der Waals surface area contributed by atoms with Crippen LogP contribution in [0, 0.1) is 0 Å². The Kier molecular flexibility index (Phi) is 7.12. The van der Waals surface area contributed by atoms with Crippen molar-refractivity contribution in [3.8, 4) is 0 Å². The van der Waals surface area contributed by atoms with Crippen molar-refractivity contribution in [2.75, 3.05) is 13.3 Å². The molecule has 1 aliphatic heterocycles. The third-order valence-electron chi connectivity index (χ3n) is 3.92. The van der Waals surface area contributed by atoms with Crippen molar-refractivity contribution < 1.29 is 33.3 Å². The lowest BCUT2D eigenvalue weighted by Gasteiger charge is -2.44. The van der Waals surface area contributed by atoms with E-state index >= 15 is 0 Å². The minimum Gasteiger partial charge on any atom is -0.459 e. The summed E-state index contributed by atoms with van der Waals surface area (Å²) in [5.74, 6) is -2.14. The first kappa shape index (κ1) is 20.3. The second-order valence-corrected chi connectivity index (χ2v) is 8.24. The SMILES string of the molecule is CO[C@@H]1[C@@H](OC(C)=O)[C@H](OC(C)=O)P(c2ccccc2)C[C@H]1OC(C)=O. The summed E-state index contributed by atoms with van der Waals surface area (Å²) in [5, 5.41) is 0.956. The third kappa shape index (κ3) is 5.02. The first-order chi connectivity index (χ1) is 12.3. The highest BCUT2D eigenvalue weighted by atomic mass is 31.1. The standard InChI is InChI=1S/C18H23O7P/c1-11(19)23-15-10-26(14-8-6-5-7-9-14)18(25-13(3)21)17(16(15)22-4)24-12(2)20/h5-9,15-18H,10H2,1-4H3/t15-,16+,17-,18-,26?/m1/s1. The summed E-state index contributed by atoms with van der Waals surface area (Å²) >= 11 is 0. The smallest absolute Gasteiger partial charge is 0.303 e. The van der Waals surface area contributed by atoms with Crippen LogP contribution in [0.3, 0.4) is 0 Å².